The van der Waals surface area contributed by atoms with Crippen LogP contribution in [0, 0.1) is 12.7 Å². The molecule has 0 fully saturated rings. The molecule has 0 atom stereocenters. The van der Waals surface area contributed by atoms with Crippen LogP contribution in [-0.4, -0.2) is 5.78 Å². The number of benzene rings is 1. The summed E-state index contributed by atoms with van der Waals surface area (Å²) in [5.41, 5.74) is 0.383. The summed E-state index contributed by atoms with van der Waals surface area (Å²) in [4.78, 5) is 13.6. The first-order valence-electron chi connectivity index (χ1n) is 4.64. The predicted octanol–water partition coefficient (Wildman–Crippen LogP) is 4.19. The van der Waals surface area contributed by atoms with E-state index in [2.05, 4.69) is 15.9 Å². The molecule has 82 valence electrons. The first-order valence-corrected chi connectivity index (χ1v) is 6.25. The molecule has 1 aromatic carbocycles. The normalized spacial score (nSPS) is 10.4. The zero-order chi connectivity index (χ0) is 11.7. The second-order valence-electron chi connectivity index (χ2n) is 3.35. The highest BCUT2D eigenvalue weighted by atomic mass is 79.9. The minimum atomic E-state index is -0.391. The fourth-order valence-corrected chi connectivity index (χ4v) is 2.84. The number of hydrogen-bond donors (Lipinski definition) is 0. The molecule has 2 rings (SSSR count). The maximum absolute atomic E-state index is 13.0. The fourth-order valence-electron chi connectivity index (χ4n) is 1.34. The maximum Gasteiger partial charge on any atom is 0.203 e. The molecule has 1 nitrogen and oxygen atoms in total. The van der Waals surface area contributed by atoms with E-state index in [1.54, 1.807) is 12.1 Å². The van der Waals surface area contributed by atoms with Gasteiger partial charge in [0.05, 0.1) is 4.88 Å². The molecule has 1 aromatic heterocycles. The Bertz CT molecular complexity index is 528. The molecule has 1 heterocycles. The Morgan fingerprint density at radius 1 is 1.38 bits per heavy atom. The van der Waals surface area contributed by atoms with Gasteiger partial charge in [0.2, 0.25) is 5.78 Å². The van der Waals surface area contributed by atoms with Crippen LogP contribution in [0.5, 0.6) is 0 Å². The molecule has 4 heteroatoms. The molecule has 0 spiro atoms. The van der Waals surface area contributed by atoms with E-state index in [4.69, 9.17) is 0 Å². The average molecular weight is 299 g/mol. The van der Waals surface area contributed by atoms with Gasteiger partial charge < -0.3 is 0 Å². The van der Waals surface area contributed by atoms with Gasteiger partial charge in [0.1, 0.15) is 5.82 Å². The van der Waals surface area contributed by atoms with Crippen molar-refractivity contribution in [1.29, 1.82) is 0 Å². The number of halogens is 2. The third-order valence-corrected chi connectivity index (χ3v) is 4.30. The Hall–Kier alpha value is -1.00. The summed E-state index contributed by atoms with van der Waals surface area (Å²) in [6, 6.07) is 7.51. The lowest BCUT2D eigenvalue weighted by atomic mass is 10.1. The van der Waals surface area contributed by atoms with Gasteiger partial charge in [-0.25, -0.2) is 4.39 Å². The van der Waals surface area contributed by atoms with Crippen molar-refractivity contribution in [2.24, 2.45) is 0 Å². The van der Waals surface area contributed by atoms with Gasteiger partial charge >= 0.3 is 0 Å². The van der Waals surface area contributed by atoms with E-state index in [9.17, 15) is 9.18 Å². The smallest absolute Gasteiger partial charge is 0.203 e. The minimum Gasteiger partial charge on any atom is -0.288 e. The average Bonchev–Trinajstić information content (AvgIpc) is 2.58. The van der Waals surface area contributed by atoms with Gasteiger partial charge in [-0.1, -0.05) is 12.1 Å². The van der Waals surface area contributed by atoms with E-state index in [-0.39, 0.29) is 5.78 Å². The zero-order valence-electron chi connectivity index (χ0n) is 8.46. The summed E-state index contributed by atoms with van der Waals surface area (Å²) in [7, 11) is 0. The molecule has 0 saturated carbocycles. The lowest BCUT2D eigenvalue weighted by Gasteiger charge is -1.97. The third-order valence-electron chi connectivity index (χ3n) is 2.17. The molecule has 0 aliphatic heterocycles. The summed E-state index contributed by atoms with van der Waals surface area (Å²) in [6.07, 6.45) is 0. The van der Waals surface area contributed by atoms with Crippen molar-refractivity contribution >= 4 is 33.0 Å². The Labute approximate surface area is 105 Å². The molecule has 0 radical (unpaired) electrons. The highest BCUT2D eigenvalue weighted by Gasteiger charge is 2.13. The summed E-state index contributed by atoms with van der Waals surface area (Å²) < 4.78 is 13.9. The van der Waals surface area contributed by atoms with Gasteiger partial charge in [0.15, 0.2) is 0 Å². The molecule has 0 amide bonds. The first-order chi connectivity index (χ1) is 7.58. The van der Waals surface area contributed by atoms with Gasteiger partial charge in [-0.15, -0.1) is 11.3 Å². The van der Waals surface area contributed by atoms with E-state index >= 15 is 0 Å². The largest absolute Gasteiger partial charge is 0.288 e. The lowest BCUT2D eigenvalue weighted by Crippen LogP contribution is -1.98. The Kier molecular flexibility index (Phi) is 3.21. The summed E-state index contributed by atoms with van der Waals surface area (Å²) >= 11 is 4.76. The van der Waals surface area contributed by atoms with Gasteiger partial charge in [0.25, 0.3) is 0 Å². The summed E-state index contributed by atoms with van der Waals surface area (Å²) in [5, 5.41) is 0. The van der Waals surface area contributed by atoms with Crippen LogP contribution in [0.4, 0.5) is 4.39 Å². The second-order valence-corrected chi connectivity index (χ2v) is 5.46. The van der Waals surface area contributed by atoms with Gasteiger partial charge in [0, 0.05) is 14.9 Å². The van der Waals surface area contributed by atoms with Gasteiger partial charge in [-0.3, -0.25) is 4.79 Å². The Morgan fingerprint density at radius 3 is 2.69 bits per heavy atom. The first kappa shape index (κ1) is 11.5. The Morgan fingerprint density at radius 2 is 2.12 bits per heavy atom. The highest BCUT2D eigenvalue weighted by molar-refractivity contribution is 9.10. The quantitative estimate of drug-likeness (QED) is 0.760. The monoisotopic (exact) mass is 298 g/mol. The lowest BCUT2D eigenvalue weighted by molar-refractivity contribution is 0.104. The van der Waals surface area contributed by atoms with Crippen LogP contribution in [-0.2, 0) is 0 Å². The molecular weight excluding hydrogens is 291 g/mol. The van der Waals surface area contributed by atoms with E-state index < -0.39 is 5.82 Å². The molecule has 0 saturated heterocycles. The number of rotatable bonds is 2. The van der Waals surface area contributed by atoms with Crippen LogP contribution in [0.25, 0.3) is 0 Å². The van der Waals surface area contributed by atoms with Crippen molar-refractivity contribution < 1.29 is 9.18 Å². The van der Waals surface area contributed by atoms with Crippen LogP contribution in [0.1, 0.15) is 20.1 Å². The van der Waals surface area contributed by atoms with E-state index in [1.807, 2.05) is 6.92 Å². The molecule has 2 aromatic rings. The van der Waals surface area contributed by atoms with Crippen molar-refractivity contribution in [3.8, 4) is 0 Å². The van der Waals surface area contributed by atoms with Gasteiger partial charge in [-0.05, 0) is 41.1 Å². The van der Waals surface area contributed by atoms with E-state index in [1.165, 1.54) is 29.5 Å². The van der Waals surface area contributed by atoms with Gasteiger partial charge in [-0.2, -0.15) is 0 Å². The number of thiophene rings is 1. The van der Waals surface area contributed by atoms with Crippen LogP contribution >= 0.6 is 27.3 Å². The topological polar surface area (TPSA) is 17.1 Å². The van der Waals surface area contributed by atoms with Crippen LogP contribution in [0.15, 0.2) is 34.8 Å². The number of aryl methyl sites for hydroxylation is 1. The van der Waals surface area contributed by atoms with Crippen molar-refractivity contribution in [1.82, 2.24) is 0 Å². The van der Waals surface area contributed by atoms with Crippen molar-refractivity contribution in [2.75, 3.05) is 0 Å². The van der Waals surface area contributed by atoms with Crippen LogP contribution < -0.4 is 0 Å². The predicted molar refractivity (Wildman–Crippen MR) is 66.6 cm³/mol. The standard InChI is InChI=1S/C12H8BrFOS/c1-7-10(13)6-11(16-7)12(15)8-3-2-4-9(14)5-8/h2-6H,1H3. The Balaban J connectivity index is 2.39. The van der Waals surface area contributed by atoms with Crippen molar-refractivity contribution in [2.45, 2.75) is 6.92 Å². The van der Waals surface area contributed by atoms with Crippen molar-refractivity contribution in [3.63, 3.8) is 0 Å². The fraction of sp³-hybridized carbons (Fsp3) is 0.0833. The second kappa shape index (κ2) is 4.47. The SMILES string of the molecule is Cc1sc(C(=O)c2cccc(F)c2)cc1Br. The number of ketones is 1. The third kappa shape index (κ3) is 2.23. The minimum absolute atomic E-state index is 0.140. The number of carbonyl (C=O) groups excluding carboxylic acids is 1. The molecule has 16 heavy (non-hydrogen) atoms. The summed E-state index contributed by atoms with van der Waals surface area (Å²) in [6.45, 7) is 1.93. The van der Waals surface area contributed by atoms with Crippen LogP contribution in [0.3, 0.4) is 0 Å². The molecule has 0 unspecified atom stereocenters. The molecule has 0 bridgehead atoms. The molecule has 0 aliphatic carbocycles. The zero-order valence-corrected chi connectivity index (χ0v) is 10.9. The number of carbonyl (C=O) groups is 1. The highest BCUT2D eigenvalue weighted by Crippen LogP contribution is 2.28. The maximum atomic E-state index is 13.0. The molecular formula is C12H8BrFOS. The van der Waals surface area contributed by atoms with Crippen molar-refractivity contribution in [3.05, 3.63) is 55.9 Å². The van der Waals surface area contributed by atoms with E-state index in [0.29, 0.717) is 10.4 Å². The van der Waals surface area contributed by atoms with E-state index in [0.717, 1.165) is 9.35 Å². The molecule has 0 aliphatic rings. The van der Waals surface area contributed by atoms with Crippen LogP contribution in [0.2, 0.25) is 0 Å². The summed E-state index contributed by atoms with van der Waals surface area (Å²) in [5.74, 6) is -0.531. The number of hydrogen-bond acceptors (Lipinski definition) is 2. The molecule has 0 N–H and O–H groups in total.